The van der Waals surface area contributed by atoms with E-state index in [-0.39, 0.29) is 18.1 Å². The predicted octanol–water partition coefficient (Wildman–Crippen LogP) is 2.79. The van der Waals surface area contributed by atoms with E-state index in [0.717, 1.165) is 11.4 Å². The van der Waals surface area contributed by atoms with E-state index in [1.807, 2.05) is 6.07 Å². The SMILES string of the molecule is O=C(Cc1ccn(-c2ccc(F)cc2)n1)Nc1cc(C2CC2)n[nH]1. The molecular weight excluding hydrogens is 309 g/mol. The van der Waals surface area contributed by atoms with Crippen LogP contribution in [-0.4, -0.2) is 25.9 Å². The first-order valence-electron chi connectivity index (χ1n) is 7.83. The average Bonchev–Trinajstić information content (AvgIpc) is 3.14. The van der Waals surface area contributed by atoms with Crippen LogP contribution >= 0.6 is 0 Å². The van der Waals surface area contributed by atoms with Crippen LogP contribution in [0.5, 0.6) is 0 Å². The molecule has 7 heteroatoms. The number of carbonyl (C=O) groups excluding carboxylic acids is 1. The van der Waals surface area contributed by atoms with Crippen LogP contribution in [0, 0.1) is 5.82 Å². The quantitative estimate of drug-likeness (QED) is 0.757. The highest BCUT2D eigenvalue weighted by Crippen LogP contribution is 2.39. The molecule has 6 nitrogen and oxygen atoms in total. The first-order valence-corrected chi connectivity index (χ1v) is 7.83. The largest absolute Gasteiger partial charge is 0.311 e. The molecule has 0 saturated heterocycles. The third-order valence-electron chi connectivity index (χ3n) is 3.94. The summed E-state index contributed by atoms with van der Waals surface area (Å²) in [7, 11) is 0. The van der Waals surface area contributed by atoms with E-state index in [0.29, 0.717) is 17.4 Å². The molecule has 2 N–H and O–H groups in total. The van der Waals surface area contributed by atoms with Gasteiger partial charge in [0.25, 0.3) is 0 Å². The normalized spacial score (nSPS) is 13.9. The maximum atomic E-state index is 13.0. The molecular formula is C17H16FN5O. The fourth-order valence-corrected chi connectivity index (χ4v) is 2.54. The fourth-order valence-electron chi connectivity index (χ4n) is 2.54. The van der Waals surface area contributed by atoms with Crippen molar-refractivity contribution in [3.8, 4) is 5.69 Å². The van der Waals surface area contributed by atoms with Crippen LogP contribution in [0.25, 0.3) is 5.69 Å². The van der Waals surface area contributed by atoms with E-state index in [1.54, 1.807) is 29.1 Å². The first kappa shape index (κ1) is 14.6. The second kappa shape index (κ2) is 5.92. The Morgan fingerprint density at radius 3 is 2.83 bits per heavy atom. The molecule has 24 heavy (non-hydrogen) atoms. The molecule has 1 aliphatic carbocycles. The summed E-state index contributed by atoms with van der Waals surface area (Å²) in [4.78, 5) is 12.1. The monoisotopic (exact) mass is 325 g/mol. The molecule has 1 aromatic carbocycles. The molecule has 1 fully saturated rings. The Balaban J connectivity index is 1.39. The lowest BCUT2D eigenvalue weighted by molar-refractivity contribution is -0.115. The molecule has 1 aliphatic rings. The van der Waals surface area contributed by atoms with E-state index in [9.17, 15) is 9.18 Å². The van der Waals surface area contributed by atoms with Gasteiger partial charge >= 0.3 is 0 Å². The maximum absolute atomic E-state index is 13.0. The average molecular weight is 325 g/mol. The van der Waals surface area contributed by atoms with Gasteiger partial charge in [0.1, 0.15) is 11.6 Å². The Kier molecular flexibility index (Phi) is 3.60. The Morgan fingerprint density at radius 2 is 2.08 bits per heavy atom. The number of hydrogen-bond donors (Lipinski definition) is 2. The van der Waals surface area contributed by atoms with Gasteiger partial charge in [-0.15, -0.1) is 0 Å². The summed E-state index contributed by atoms with van der Waals surface area (Å²) in [5, 5.41) is 14.2. The van der Waals surface area contributed by atoms with Crippen molar-refractivity contribution in [1.82, 2.24) is 20.0 Å². The van der Waals surface area contributed by atoms with Crippen LogP contribution in [-0.2, 0) is 11.2 Å². The Hall–Kier alpha value is -2.96. The van der Waals surface area contributed by atoms with Gasteiger partial charge in [-0.3, -0.25) is 9.89 Å². The lowest BCUT2D eigenvalue weighted by Gasteiger charge is -2.01. The van der Waals surface area contributed by atoms with Gasteiger partial charge in [-0.25, -0.2) is 9.07 Å². The van der Waals surface area contributed by atoms with Gasteiger partial charge in [0.15, 0.2) is 0 Å². The molecule has 0 radical (unpaired) electrons. The molecule has 0 bridgehead atoms. The van der Waals surface area contributed by atoms with Gasteiger partial charge in [0.05, 0.1) is 23.5 Å². The highest BCUT2D eigenvalue weighted by Gasteiger charge is 2.26. The second-order valence-corrected chi connectivity index (χ2v) is 5.93. The zero-order valence-corrected chi connectivity index (χ0v) is 12.9. The predicted molar refractivity (Wildman–Crippen MR) is 86.4 cm³/mol. The van der Waals surface area contributed by atoms with Gasteiger partial charge in [0, 0.05) is 18.2 Å². The van der Waals surface area contributed by atoms with Crippen LogP contribution in [0.15, 0.2) is 42.6 Å². The number of anilines is 1. The highest BCUT2D eigenvalue weighted by atomic mass is 19.1. The van der Waals surface area contributed by atoms with E-state index in [2.05, 4.69) is 20.6 Å². The van der Waals surface area contributed by atoms with E-state index in [1.165, 1.54) is 25.0 Å². The van der Waals surface area contributed by atoms with Crippen molar-refractivity contribution in [2.24, 2.45) is 0 Å². The summed E-state index contributed by atoms with van der Waals surface area (Å²) in [5.41, 5.74) is 2.38. The highest BCUT2D eigenvalue weighted by molar-refractivity contribution is 5.91. The van der Waals surface area contributed by atoms with Gasteiger partial charge in [-0.2, -0.15) is 10.2 Å². The minimum Gasteiger partial charge on any atom is -0.311 e. The van der Waals surface area contributed by atoms with Crippen molar-refractivity contribution in [1.29, 1.82) is 0 Å². The van der Waals surface area contributed by atoms with Crippen molar-refractivity contribution in [3.05, 3.63) is 59.8 Å². The van der Waals surface area contributed by atoms with Crippen molar-refractivity contribution in [2.45, 2.75) is 25.2 Å². The molecule has 3 aromatic rings. The second-order valence-electron chi connectivity index (χ2n) is 5.93. The van der Waals surface area contributed by atoms with Crippen molar-refractivity contribution >= 4 is 11.7 Å². The molecule has 2 aromatic heterocycles. The number of carbonyl (C=O) groups is 1. The number of aromatic amines is 1. The third-order valence-corrected chi connectivity index (χ3v) is 3.94. The van der Waals surface area contributed by atoms with Crippen LogP contribution < -0.4 is 5.32 Å². The Labute approximate surface area is 137 Å². The van der Waals surface area contributed by atoms with E-state index >= 15 is 0 Å². The summed E-state index contributed by atoms with van der Waals surface area (Å²) >= 11 is 0. The Morgan fingerprint density at radius 1 is 1.29 bits per heavy atom. The molecule has 0 aliphatic heterocycles. The van der Waals surface area contributed by atoms with Gasteiger partial charge < -0.3 is 5.32 Å². The topological polar surface area (TPSA) is 75.6 Å². The first-order chi connectivity index (χ1) is 11.7. The number of benzene rings is 1. The Bertz CT molecular complexity index is 863. The summed E-state index contributed by atoms with van der Waals surface area (Å²) in [6, 6.07) is 9.67. The van der Waals surface area contributed by atoms with Crippen LogP contribution in [0.1, 0.15) is 30.1 Å². The van der Waals surface area contributed by atoms with Crippen LogP contribution in [0.2, 0.25) is 0 Å². The number of hydrogen-bond acceptors (Lipinski definition) is 3. The number of nitrogens with zero attached hydrogens (tertiary/aromatic N) is 3. The van der Waals surface area contributed by atoms with Crippen molar-refractivity contribution in [3.63, 3.8) is 0 Å². The number of amides is 1. The number of halogens is 1. The summed E-state index contributed by atoms with van der Waals surface area (Å²) < 4.78 is 14.6. The molecule has 0 spiro atoms. The molecule has 1 saturated carbocycles. The minimum atomic E-state index is -0.296. The zero-order chi connectivity index (χ0) is 16.5. The van der Waals surface area contributed by atoms with Crippen LogP contribution in [0.3, 0.4) is 0 Å². The zero-order valence-electron chi connectivity index (χ0n) is 12.9. The van der Waals surface area contributed by atoms with Crippen LogP contribution in [0.4, 0.5) is 10.2 Å². The molecule has 0 unspecified atom stereocenters. The van der Waals surface area contributed by atoms with Gasteiger partial charge in [-0.1, -0.05) is 0 Å². The third kappa shape index (κ3) is 3.19. The number of rotatable bonds is 5. The molecule has 2 heterocycles. The lowest BCUT2D eigenvalue weighted by Crippen LogP contribution is -2.15. The van der Waals surface area contributed by atoms with E-state index < -0.39 is 0 Å². The minimum absolute atomic E-state index is 0.159. The maximum Gasteiger partial charge on any atom is 0.231 e. The molecule has 1 amide bonds. The van der Waals surface area contributed by atoms with Crippen molar-refractivity contribution in [2.75, 3.05) is 5.32 Å². The van der Waals surface area contributed by atoms with E-state index in [4.69, 9.17) is 0 Å². The standard InChI is InChI=1S/C17H16FN5O/c18-12-3-5-14(6-4-12)23-8-7-13(22-23)9-17(24)19-16-10-15(20-21-16)11-1-2-11/h3-8,10-11H,1-2,9H2,(H2,19,20,21,24). The number of nitrogens with one attached hydrogen (secondary N) is 2. The lowest BCUT2D eigenvalue weighted by atomic mass is 10.3. The summed E-state index contributed by atoms with van der Waals surface area (Å²) in [6.07, 6.45) is 4.24. The molecule has 4 rings (SSSR count). The summed E-state index contributed by atoms with van der Waals surface area (Å²) in [6.45, 7) is 0. The van der Waals surface area contributed by atoms with Gasteiger partial charge in [-0.05, 0) is 43.2 Å². The number of H-pyrrole nitrogens is 1. The number of aromatic nitrogens is 4. The van der Waals surface area contributed by atoms with Crippen molar-refractivity contribution < 1.29 is 9.18 Å². The summed E-state index contributed by atoms with van der Waals surface area (Å²) in [5.74, 6) is 0.694. The fraction of sp³-hybridized carbons (Fsp3) is 0.235. The molecule has 122 valence electrons. The van der Waals surface area contributed by atoms with Gasteiger partial charge in [0.2, 0.25) is 5.91 Å². The molecule has 0 atom stereocenters. The smallest absolute Gasteiger partial charge is 0.231 e.